The van der Waals surface area contributed by atoms with E-state index < -0.39 is 0 Å². The number of amides is 1. The van der Waals surface area contributed by atoms with Crippen molar-refractivity contribution in [1.82, 2.24) is 9.38 Å². The van der Waals surface area contributed by atoms with Gasteiger partial charge in [-0.2, -0.15) is 0 Å². The molecular weight excluding hydrogens is 302 g/mol. The average molecular weight is 323 g/mol. The van der Waals surface area contributed by atoms with Crippen LogP contribution in [0.15, 0.2) is 42.6 Å². The molecule has 5 nitrogen and oxygen atoms in total. The van der Waals surface area contributed by atoms with E-state index in [-0.39, 0.29) is 11.8 Å². The summed E-state index contributed by atoms with van der Waals surface area (Å²) in [6.45, 7) is 5.75. The van der Waals surface area contributed by atoms with Crippen LogP contribution in [0.4, 0.5) is 5.82 Å². The lowest BCUT2D eigenvalue weighted by Gasteiger charge is -2.11. The summed E-state index contributed by atoms with van der Waals surface area (Å²) in [5.41, 5.74) is 3.45. The van der Waals surface area contributed by atoms with E-state index in [1.165, 1.54) is 0 Å². The first-order valence-corrected chi connectivity index (χ1v) is 7.94. The predicted molar refractivity (Wildman–Crippen MR) is 95.4 cm³/mol. The Labute approximate surface area is 141 Å². The van der Waals surface area contributed by atoms with E-state index >= 15 is 0 Å². The van der Waals surface area contributed by atoms with E-state index in [4.69, 9.17) is 9.72 Å². The van der Waals surface area contributed by atoms with E-state index in [0.29, 0.717) is 11.5 Å². The Morgan fingerprint density at radius 1 is 1.25 bits per heavy atom. The maximum Gasteiger partial charge on any atom is 0.228 e. The summed E-state index contributed by atoms with van der Waals surface area (Å²) in [7, 11) is 1.63. The van der Waals surface area contributed by atoms with Gasteiger partial charge >= 0.3 is 0 Å². The van der Waals surface area contributed by atoms with Crippen LogP contribution >= 0.6 is 0 Å². The molecule has 1 amide bonds. The molecule has 0 fully saturated rings. The van der Waals surface area contributed by atoms with E-state index in [1.54, 1.807) is 7.11 Å². The third-order valence-corrected chi connectivity index (χ3v) is 3.91. The maximum atomic E-state index is 12.3. The molecule has 2 heterocycles. The molecule has 1 N–H and O–H groups in total. The molecule has 0 saturated heterocycles. The molecule has 0 atom stereocenters. The minimum atomic E-state index is -0.119. The number of ether oxygens (including phenoxy) is 1. The summed E-state index contributed by atoms with van der Waals surface area (Å²) in [5.74, 6) is 1.21. The van der Waals surface area contributed by atoms with Gasteiger partial charge < -0.3 is 10.1 Å². The number of methoxy groups -OCH3 is 1. The molecular formula is C19H21N3O2. The van der Waals surface area contributed by atoms with Gasteiger partial charge in [0.1, 0.15) is 22.9 Å². The fraction of sp³-hybridized carbons (Fsp3) is 0.263. The van der Waals surface area contributed by atoms with Gasteiger partial charge in [0.15, 0.2) is 0 Å². The molecule has 0 aliphatic rings. The first-order chi connectivity index (χ1) is 11.5. The molecule has 0 aliphatic heterocycles. The Morgan fingerprint density at radius 3 is 2.71 bits per heavy atom. The van der Waals surface area contributed by atoms with Crippen LogP contribution in [0.1, 0.15) is 19.4 Å². The van der Waals surface area contributed by atoms with Crippen molar-refractivity contribution in [3.63, 3.8) is 0 Å². The number of rotatable bonds is 4. The van der Waals surface area contributed by atoms with Gasteiger partial charge in [0, 0.05) is 17.7 Å². The predicted octanol–water partition coefficient (Wildman–Crippen LogP) is 3.91. The Morgan fingerprint density at radius 2 is 2.00 bits per heavy atom. The number of carbonyl (C=O) groups excluding carboxylic acids is 1. The van der Waals surface area contributed by atoms with E-state index in [9.17, 15) is 4.79 Å². The lowest BCUT2D eigenvalue weighted by molar-refractivity contribution is -0.118. The average Bonchev–Trinajstić information content (AvgIpc) is 2.92. The zero-order valence-corrected chi connectivity index (χ0v) is 14.3. The Kier molecular flexibility index (Phi) is 4.25. The lowest BCUT2D eigenvalue weighted by atomic mass is 10.1. The number of imidazole rings is 1. The van der Waals surface area contributed by atoms with Crippen LogP contribution in [-0.4, -0.2) is 22.4 Å². The van der Waals surface area contributed by atoms with Gasteiger partial charge in [0.25, 0.3) is 0 Å². The molecule has 5 heteroatoms. The zero-order chi connectivity index (χ0) is 17.3. The molecule has 1 aromatic carbocycles. The molecule has 3 rings (SSSR count). The number of aromatic nitrogens is 2. The van der Waals surface area contributed by atoms with Crippen molar-refractivity contribution < 1.29 is 9.53 Å². The van der Waals surface area contributed by atoms with Crippen LogP contribution in [0.3, 0.4) is 0 Å². The number of pyridine rings is 1. The Bertz CT molecular complexity index is 897. The summed E-state index contributed by atoms with van der Waals surface area (Å²) in [4.78, 5) is 17.0. The van der Waals surface area contributed by atoms with Gasteiger partial charge in [-0.3, -0.25) is 9.20 Å². The number of nitrogens with zero attached hydrogens (tertiary/aromatic N) is 2. The molecule has 0 spiro atoms. The van der Waals surface area contributed by atoms with Crippen molar-refractivity contribution in [2.45, 2.75) is 20.8 Å². The number of benzene rings is 1. The summed E-state index contributed by atoms with van der Waals surface area (Å²) in [6, 6.07) is 11.7. The Balaban J connectivity index is 2.24. The summed E-state index contributed by atoms with van der Waals surface area (Å²) >= 11 is 0. The molecule has 124 valence electrons. The number of aryl methyl sites for hydroxylation is 1. The summed E-state index contributed by atoms with van der Waals surface area (Å²) < 4.78 is 7.36. The summed E-state index contributed by atoms with van der Waals surface area (Å²) in [5, 5.41) is 3.01. The first kappa shape index (κ1) is 16.1. The van der Waals surface area contributed by atoms with Gasteiger partial charge in [-0.25, -0.2) is 4.98 Å². The number of fused-ring (bicyclic) bond motifs is 1. The minimum absolute atomic E-state index is 0.0477. The van der Waals surface area contributed by atoms with Crippen LogP contribution in [0, 0.1) is 12.8 Å². The maximum absolute atomic E-state index is 12.3. The minimum Gasteiger partial charge on any atom is -0.496 e. The van der Waals surface area contributed by atoms with Crippen LogP contribution in [0.5, 0.6) is 5.75 Å². The Hall–Kier alpha value is -2.82. The van der Waals surface area contributed by atoms with Gasteiger partial charge in [-0.05, 0) is 36.8 Å². The molecule has 0 aliphatic carbocycles. The monoisotopic (exact) mass is 323 g/mol. The van der Waals surface area contributed by atoms with Crippen LogP contribution in [0.2, 0.25) is 0 Å². The highest BCUT2D eigenvalue weighted by molar-refractivity contribution is 5.96. The van der Waals surface area contributed by atoms with Gasteiger partial charge in [-0.15, -0.1) is 0 Å². The third kappa shape index (κ3) is 2.85. The van der Waals surface area contributed by atoms with Crippen LogP contribution < -0.4 is 10.1 Å². The molecule has 0 radical (unpaired) electrons. The van der Waals surface area contributed by atoms with Crippen molar-refractivity contribution in [3.05, 3.63) is 48.2 Å². The van der Waals surface area contributed by atoms with Gasteiger partial charge in [0.05, 0.1) is 7.11 Å². The van der Waals surface area contributed by atoms with Crippen LogP contribution in [-0.2, 0) is 4.79 Å². The second-order valence-electron chi connectivity index (χ2n) is 6.09. The molecule has 3 aromatic rings. The van der Waals surface area contributed by atoms with Gasteiger partial charge in [0.2, 0.25) is 5.91 Å². The topological polar surface area (TPSA) is 55.6 Å². The SMILES string of the molecule is COc1ccccc1-c1nc2cc(C)ccn2c1NC(=O)C(C)C. The number of nitrogens with one attached hydrogen (secondary N) is 1. The normalized spacial score (nSPS) is 11.0. The van der Waals surface area contributed by atoms with Gasteiger partial charge in [-0.1, -0.05) is 26.0 Å². The highest BCUT2D eigenvalue weighted by Gasteiger charge is 2.20. The molecule has 0 unspecified atom stereocenters. The van der Waals surface area contributed by atoms with Crippen molar-refractivity contribution in [1.29, 1.82) is 0 Å². The number of hydrogen-bond donors (Lipinski definition) is 1. The number of carbonyl (C=O) groups is 1. The van der Waals surface area contributed by atoms with Crippen molar-refractivity contribution >= 4 is 17.4 Å². The highest BCUT2D eigenvalue weighted by Crippen LogP contribution is 2.35. The quantitative estimate of drug-likeness (QED) is 0.792. The van der Waals surface area contributed by atoms with Crippen molar-refractivity contribution in [2.75, 3.05) is 12.4 Å². The van der Waals surface area contributed by atoms with Crippen molar-refractivity contribution in [3.8, 4) is 17.0 Å². The third-order valence-electron chi connectivity index (χ3n) is 3.91. The van der Waals surface area contributed by atoms with E-state index in [0.717, 1.165) is 22.5 Å². The number of para-hydroxylation sites is 1. The molecule has 0 saturated carbocycles. The number of anilines is 1. The number of hydrogen-bond acceptors (Lipinski definition) is 3. The first-order valence-electron chi connectivity index (χ1n) is 7.94. The zero-order valence-electron chi connectivity index (χ0n) is 14.3. The van der Waals surface area contributed by atoms with Crippen LogP contribution in [0.25, 0.3) is 16.9 Å². The standard InChI is InChI=1S/C19H21N3O2/c1-12(2)19(23)21-18-17(14-7-5-6-8-15(14)24-4)20-16-11-13(3)9-10-22(16)18/h5-12H,1-4H3,(H,21,23). The lowest BCUT2D eigenvalue weighted by Crippen LogP contribution is -2.19. The smallest absolute Gasteiger partial charge is 0.228 e. The largest absolute Gasteiger partial charge is 0.496 e. The highest BCUT2D eigenvalue weighted by atomic mass is 16.5. The fourth-order valence-electron chi connectivity index (χ4n) is 2.56. The van der Waals surface area contributed by atoms with E-state index in [2.05, 4.69) is 5.32 Å². The van der Waals surface area contributed by atoms with E-state index in [1.807, 2.05) is 67.8 Å². The second kappa shape index (κ2) is 6.35. The fourth-order valence-corrected chi connectivity index (χ4v) is 2.56. The molecule has 24 heavy (non-hydrogen) atoms. The molecule has 0 bridgehead atoms. The summed E-state index contributed by atoms with van der Waals surface area (Å²) in [6.07, 6.45) is 1.92. The molecule has 2 aromatic heterocycles. The second-order valence-corrected chi connectivity index (χ2v) is 6.09. The van der Waals surface area contributed by atoms with Crippen molar-refractivity contribution in [2.24, 2.45) is 5.92 Å².